The molecule has 0 saturated heterocycles. The number of nitrogens with one attached hydrogen (secondary N) is 1. The average Bonchev–Trinajstić information content (AvgIpc) is 3.12. The number of hydrogen-bond acceptors (Lipinski definition) is 7. The maximum absolute atomic E-state index is 13.2. The van der Waals surface area contributed by atoms with Gasteiger partial charge in [0.15, 0.2) is 5.82 Å². The summed E-state index contributed by atoms with van der Waals surface area (Å²) in [7, 11) is 0. The van der Waals surface area contributed by atoms with Gasteiger partial charge in [0, 0.05) is 17.0 Å². The predicted molar refractivity (Wildman–Crippen MR) is 119 cm³/mol. The van der Waals surface area contributed by atoms with E-state index in [9.17, 15) is 4.79 Å². The van der Waals surface area contributed by atoms with Crippen molar-refractivity contribution < 1.29 is 18.8 Å². The van der Waals surface area contributed by atoms with E-state index in [1.165, 1.54) is 0 Å². The molecule has 1 aliphatic rings. The molecule has 1 atom stereocenters. The summed E-state index contributed by atoms with van der Waals surface area (Å²) in [6, 6.07) is 5.30. The van der Waals surface area contributed by atoms with Crippen LogP contribution in [0, 0.1) is 6.92 Å². The number of esters is 1. The van der Waals surface area contributed by atoms with Crippen LogP contribution in [0.2, 0.25) is 10.0 Å². The van der Waals surface area contributed by atoms with Crippen molar-refractivity contribution >= 4 is 34.7 Å². The molecule has 0 spiro atoms. The quantitative estimate of drug-likeness (QED) is 0.452. The number of ether oxygens (including phenoxy) is 2. The highest BCUT2D eigenvalue weighted by molar-refractivity contribution is 6.42. The summed E-state index contributed by atoms with van der Waals surface area (Å²) in [6.07, 6.45) is 0.0481. The number of aromatic nitrogens is 2. The van der Waals surface area contributed by atoms with Gasteiger partial charge in [0.1, 0.15) is 6.61 Å². The average molecular weight is 466 g/mol. The highest BCUT2D eigenvalue weighted by Crippen LogP contribution is 2.46. The molecule has 0 aliphatic carbocycles. The Balaban J connectivity index is 2.06. The van der Waals surface area contributed by atoms with Crippen LogP contribution in [0.5, 0.6) is 0 Å². The zero-order valence-electron chi connectivity index (χ0n) is 18.1. The Morgan fingerprint density at radius 3 is 2.58 bits per heavy atom. The second kappa shape index (κ2) is 9.85. The Hall–Kier alpha value is -2.35. The van der Waals surface area contributed by atoms with Crippen molar-refractivity contribution in [3.8, 4) is 0 Å². The molecule has 0 radical (unpaired) electrons. The first-order valence-electron chi connectivity index (χ1n) is 9.92. The zero-order valence-corrected chi connectivity index (χ0v) is 19.6. The molecule has 0 saturated carbocycles. The lowest BCUT2D eigenvalue weighted by Crippen LogP contribution is -2.29. The van der Waals surface area contributed by atoms with Crippen LogP contribution in [0.1, 0.15) is 50.9 Å². The molecule has 31 heavy (non-hydrogen) atoms. The summed E-state index contributed by atoms with van der Waals surface area (Å²) in [4.78, 5) is 17.6. The molecule has 9 heteroatoms. The third-order valence-corrected chi connectivity index (χ3v) is 5.63. The number of allylic oxidation sites excluding steroid dienone is 3. The molecule has 1 unspecified atom stereocenters. The Bertz CT molecular complexity index is 1040. The highest BCUT2D eigenvalue weighted by Gasteiger charge is 2.38. The van der Waals surface area contributed by atoms with Gasteiger partial charge in [0.05, 0.1) is 34.2 Å². The van der Waals surface area contributed by atoms with Gasteiger partial charge in [-0.15, -0.1) is 0 Å². The first-order chi connectivity index (χ1) is 14.7. The number of rotatable bonds is 7. The summed E-state index contributed by atoms with van der Waals surface area (Å²) in [5.41, 5.74) is 3.09. The fourth-order valence-corrected chi connectivity index (χ4v) is 3.92. The lowest BCUT2D eigenvalue weighted by Gasteiger charge is -2.30. The highest BCUT2D eigenvalue weighted by atomic mass is 35.5. The van der Waals surface area contributed by atoms with Crippen molar-refractivity contribution in [2.24, 2.45) is 0 Å². The minimum Gasteiger partial charge on any atom is -0.460 e. The van der Waals surface area contributed by atoms with Crippen molar-refractivity contribution in [1.82, 2.24) is 15.5 Å². The van der Waals surface area contributed by atoms with Crippen LogP contribution in [-0.4, -0.2) is 35.4 Å². The van der Waals surface area contributed by atoms with Gasteiger partial charge < -0.3 is 19.3 Å². The Labute approximate surface area is 191 Å². The lowest BCUT2D eigenvalue weighted by molar-refractivity contribution is -0.141. The summed E-state index contributed by atoms with van der Waals surface area (Å²) in [5.74, 6) is -0.317. The van der Waals surface area contributed by atoms with E-state index in [0.29, 0.717) is 50.8 Å². The van der Waals surface area contributed by atoms with Gasteiger partial charge in [-0.3, -0.25) is 0 Å². The maximum Gasteiger partial charge on any atom is 0.336 e. The summed E-state index contributed by atoms with van der Waals surface area (Å²) < 4.78 is 16.4. The molecular weight excluding hydrogens is 441 g/mol. The molecule has 0 amide bonds. The van der Waals surface area contributed by atoms with E-state index in [1.54, 1.807) is 19.1 Å². The number of nitrogens with zero attached hydrogens (tertiary/aromatic N) is 2. The van der Waals surface area contributed by atoms with E-state index in [-0.39, 0.29) is 12.7 Å². The minimum atomic E-state index is -0.606. The first-order valence-corrected chi connectivity index (χ1v) is 10.7. The molecular formula is C22H25Cl2N3O4. The SMILES string of the molecule is CC1=C(C(=O)OCCOC(C)C)C(c2cccc(Cl)c2Cl)C(c2nc(C)no2)=C(C)N1. The monoisotopic (exact) mass is 465 g/mol. The van der Waals surface area contributed by atoms with Crippen LogP contribution in [-0.2, 0) is 14.3 Å². The van der Waals surface area contributed by atoms with Crippen molar-refractivity contribution in [2.75, 3.05) is 13.2 Å². The predicted octanol–water partition coefficient (Wildman–Crippen LogP) is 5.05. The normalized spacial score (nSPS) is 16.7. The van der Waals surface area contributed by atoms with Gasteiger partial charge in [-0.1, -0.05) is 40.5 Å². The van der Waals surface area contributed by atoms with Crippen molar-refractivity contribution in [1.29, 1.82) is 0 Å². The van der Waals surface area contributed by atoms with E-state index in [0.717, 1.165) is 5.70 Å². The standard InChI is InChI=1S/C22H25Cl2N3O4/c1-11(2)29-9-10-30-22(28)18-13(4)25-12(3)17(21-26-14(5)27-31-21)19(18)15-7-6-8-16(23)20(15)24/h6-8,11,19,25H,9-10H2,1-5H3. The maximum atomic E-state index is 13.2. The van der Waals surface area contributed by atoms with Gasteiger partial charge >= 0.3 is 5.97 Å². The topological polar surface area (TPSA) is 86.5 Å². The second-order valence-corrected chi connectivity index (χ2v) is 8.27. The molecule has 166 valence electrons. The molecule has 7 nitrogen and oxygen atoms in total. The Morgan fingerprint density at radius 2 is 1.94 bits per heavy atom. The molecule has 1 aromatic carbocycles. The van der Waals surface area contributed by atoms with Crippen LogP contribution in [0.3, 0.4) is 0 Å². The Kier molecular flexibility index (Phi) is 7.41. The number of benzene rings is 1. The van der Waals surface area contributed by atoms with Gasteiger partial charge in [-0.2, -0.15) is 4.98 Å². The minimum absolute atomic E-state index is 0.0481. The van der Waals surface area contributed by atoms with Crippen molar-refractivity contribution in [3.63, 3.8) is 0 Å². The van der Waals surface area contributed by atoms with Gasteiger partial charge in [0.2, 0.25) is 0 Å². The largest absolute Gasteiger partial charge is 0.460 e. The third kappa shape index (κ3) is 5.11. The second-order valence-electron chi connectivity index (χ2n) is 7.48. The summed E-state index contributed by atoms with van der Waals surface area (Å²) >= 11 is 12.9. The van der Waals surface area contributed by atoms with E-state index in [2.05, 4.69) is 15.5 Å². The smallest absolute Gasteiger partial charge is 0.336 e. The fourth-order valence-electron chi connectivity index (χ4n) is 3.50. The number of aryl methyl sites for hydroxylation is 1. The van der Waals surface area contributed by atoms with Gasteiger partial charge in [-0.25, -0.2) is 4.79 Å². The third-order valence-electron chi connectivity index (χ3n) is 4.80. The fraction of sp³-hybridized carbons (Fsp3) is 0.409. The van der Waals surface area contributed by atoms with E-state index in [1.807, 2.05) is 33.8 Å². The van der Waals surface area contributed by atoms with Crippen LogP contribution in [0.4, 0.5) is 0 Å². The van der Waals surface area contributed by atoms with E-state index >= 15 is 0 Å². The number of carbonyl (C=O) groups excluding carboxylic acids is 1. The van der Waals surface area contributed by atoms with Crippen LogP contribution in [0.25, 0.3) is 5.57 Å². The summed E-state index contributed by atoms with van der Waals surface area (Å²) in [5, 5.41) is 7.87. The van der Waals surface area contributed by atoms with Crippen molar-refractivity contribution in [3.05, 3.63) is 62.5 Å². The number of carbonyl (C=O) groups is 1. The van der Waals surface area contributed by atoms with Gasteiger partial charge in [0.25, 0.3) is 5.89 Å². The molecule has 1 aliphatic heterocycles. The van der Waals surface area contributed by atoms with Crippen molar-refractivity contribution in [2.45, 2.75) is 46.6 Å². The van der Waals surface area contributed by atoms with Crippen LogP contribution < -0.4 is 5.32 Å². The summed E-state index contributed by atoms with van der Waals surface area (Å²) in [6.45, 7) is 9.68. The van der Waals surface area contributed by atoms with Gasteiger partial charge in [-0.05, 0) is 46.2 Å². The Morgan fingerprint density at radius 1 is 1.19 bits per heavy atom. The van der Waals surface area contributed by atoms with Crippen LogP contribution in [0.15, 0.2) is 39.7 Å². The number of halogens is 2. The van der Waals surface area contributed by atoms with E-state index < -0.39 is 11.9 Å². The first kappa shape index (κ1) is 23.3. The molecule has 1 N–H and O–H groups in total. The molecule has 2 heterocycles. The lowest BCUT2D eigenvalue weighted by atomic mass is 9.80. The molecule has 0 fully saturated rings. The molecule has 0 bridgehead atoms. The van der Waals surface area contributed by atoms with E-state index in [4.69, 9.17) is 37.2 Å². The zero-order chi connectivity index (χ0) is 22.7. The molecule has 1 aromatic heterocycles. The number of hydrogen-bond donors (Lipinski definition) is 1. The molecule has 3 rings (SSSR count). The molecule has 2 aromatic rings. The van der Waals surface area contributed by atoms with Crippen LogP contribution >= 0.6 is 23.2 Å². The number of dihydropyridines is 1.